The first kappa shape index (κ1) is 19.1. The van der Waals surface area contributed by atoms with Gasteiger partial charge in [-0.1, -0.05) is 18.2 Å². The van der Waals surface area contributed by atoms with Crippen LogP contribution in [0.25, 0.3) is 22.2 Å². The molecule has 1 aliphatic rings. The number of para-hydroxylation sites is 1. The van der Waals surface area contributed by atoms with Gasteiger partial charge in [0.1, 0.15) is 18.0 Å². The molecule has 2 N–H and O–H groups in total. The van der Waals surface area contributed by atoms with Gasteiger partial charge in [-0.25, -0.2) is 9.97 Å². The van der Waals surface area contributed by atoms with Crippen LogP contribution in [0.1, 0.15) is 0 Å². The quantitative estimate of drug-likeness (QED) is 0.557. The number of piperazine rings is 1. The standard InChI is InChI=1S/C24H24N6O/c25-22-8-7-19(16-27-22)20-5-1-2-6-21(20)28-12-14-29(15-13-28)23(31)17-30-11-9-18-4-3-10-26-24(18)30/h1-11,16H,12-15,17H2,(H2,25,27). The molecule has 0 atom stereocenters. The van der Waals surface area contributed by atoms with E-state index in [2.05, 4.69) is 27.0 Å². The number of fused-ring (bicyclic) bond motifs is 1. The maximum Gasteiger partial charge on any atom is 0.242 e. The third-order valence-corrected chi connectivity index (χ3v) is 5.80. The largest absolute Gasteiger partial charge is 0.384 e. The van der Waals surface area contributed by atoms with Crippen molar-refractivity contribution in [3.05, 3.63) is 73.2 Å². The Labute approximate surface area is 180 Å². The fourth-order valence-corrected chi connectivity index (χ4v) is 4.15. The van der Waals surface area contributed by atoms with Crippen molar-refractivity contribution in [2.75, 3.05) is 36.8 Å². The fourth-order valence-electron chi connectivity index (χ4n) is 4.15. The van der Waals surface area contributed by atoms with Crippen LogP contribution in [0.4, 0.5) is 11.5 Å². The highest BCUT2D eigenvalue weighted by Crippen LogP contribution is 2.31. The van der Waals surface area contributed by atoms with Gasteiger partial charge in [0.15, 0.2) is 0 Å². The minimum Gasteiger partial charge on any atom is -0.384 e. The van der Waals surface area contributed by atoms with E-state index in [1.165, 1.54) is 0 Å². The number of carbonyl (C=O) groups excluding carboxylic acids is 1. The van der Waals surface area contributed by atoms with Gasteiger partial charge >= 0.3 is 0 Å². The Hall–Kier alpha value is -3.87. The van der Waals surface area contributed by atoms with Crippen LogP contribution < -0.4 is 10.6 Å². The number of carbonyl (C=O) groups is 1. The summed E-state index contributed by atoms with van der Waals surface area (Å²) >= 11 is 0. The average molecular weight is 412 g/mol. The molecule has 5 rings (SSSR count). The lowest BCUT2D eigenvalue weighted by Crippen LogP contribution is -2.49. The molecule has 156 valence electrons. The van der Waals surface area contributed by atoms with Crippen LogP contribution in [0.15, 0.2) is 73.2 Å². The van der Waals surface area contributed by atoms with Gasteiger partial charge in [0.05, 0.1) is 0 Å². The van der Waals surface area contributed by atoms with Crippen molar-refractivity contribution in [2.45, 2.75) is 6.54 Å². The number of rotatable bonds is 4. The van der Waals surface area contributed by atoms with E-state index in [9.17, 15) is 4.79 Å². The summed E-state index contributed by atoms with van der Waals surface area (Å²) in [7, 11) is 0. The number of anilines is 2. The summed E-state index contributed by atoms with van der Waals surface area (Å²) in [5.74, 6) is 0.637. The second-order valence-corrected chi connectivity index (χ2v) is 7.72. The van der Waals surface area contributed by atoms with Crippen LogP contribution in [0, 0.1) is 0 Å². The number of nitrogens with zero attached hydrogens (tertiary/aromatic N) is 5. The Morgan fingerprint density at radius 3 is 2.58 bits per heavy atom. The summed E-state index contributed by atoms with van der Waals surface area (Å²) in [6, 6.07) is 18.0. The topological polar surface area (TPSA) is 80.3 Å². The van der Waals surface area contributed by atoms with E-state index in [-0.39, 0.29) is 5.91 Å². The fraction of sp³-hybridized carbons (Fsp3) is 0.208. The van der Waals surface area contributed by atoms with Crippen molar-refractivity contribution in [2.24, 2.45) is 0 Å². The van der Waals surface area contributed by atoms with Gasteiger partial charge in [-0.15, -0.1) is 0 Å². The second-order valence-electron chi connectivity index (χ2n) is 7.72. The van der Waals surface area contributed by atoms with E-state index in [0.29, 0.717) is 25.5 Å². The van der Waals surface area contributed by atoms with Gasteiger partial charge in [-0.05, 0) is 36.4 Å². The summed E-state index contributed by atoms with van der Waals surface area (Å²) in [4.78, 5) is 25.8. The zero-order chi connectivity index (χ0) is 21.2. The molecule has 0 saturated carbocycles. The molecule has 0 radical (unpaired) electrons. The van der Waals surface area contributed by atoms with Crippen LogP contribution in [0.3, 0.4) is 0 Å². The monoisotopic (exact) mass is 412 g/mol. The van der Waals surface area contributed by atoms with Crippen molar-refractivity contribution in [3.8, 4) is 11.1 Å². The molecule has 1 amide bonds. The van der Waals surface area contributed by atoms with Crippen molar-refractivity contribution >= 4 is 28.4 Å². The Balaban J connectivity index is 1.28. The number of benzene rings is 1. The second kappa shape index (κ2) is 8.10. The molecule has 0 unspecified atom stereocenters. The summed E-state index contributed by atoms with van der Waals surface area (Å²) in [5.41, 5.74) is 9.91. The molecular weight excluding hydrogens is 388 g/mol. The Morgan fingerprint density at radius 1 is 0.935 bits per heavy atom. The van der Waals surface area contributed by atoms with Crippen molar-refractivity contribution in [1.82, 2.24) is 19.4 Å². The molecular formula is C24H24N6O. The van der Waals surface area contributed by atoms with E-state index in [1.54, 1.807) is 6.20 Å². The van der Waals surface area contributed by atoms with Crippen molar-refractivity contribution in [1.29, 1.82) is 0 Å². The molecule has 1 aliphatic heterocycles. The van der Waals surface area contributed by atoms with E-state index >= 15 is 0 Å². The minimum atomic E-state index is 0.124. The first-order valence-corrected chi connectivity index (χ1v) is 10.4. The predicted molar refractivity (Wildman–Crippen MR) is 123 cm³/mol. The van der Waals surface area contributed by atoms with E-state index in [1.807, 2.05) is 64.3 Å². The molecule has 4 aromatic rings. The first-order valence-electron chi connectivity index (χ1n) is 10.4. The molecule has 1 aromatic carbocycles. The summed E-state index contributed by atoms with van der Waals surface area (Å²) in [5, 5.41) is 1.05. The molecule has 1 fully saturated rings. The summed E-state index contributed by atoms with van der Waals surface area (Å²) < 4.78 is 1.92. The van der Waals surface area contributed by atoms with Gasteiger partial charge < -0.3 is 20.1 Å². The summed E-state index contributed by atoms with van der Waals surface area (Å²) in [6.45, 7) is 3.28. The van der Waals surface area contributed by atoms with Gasteiger partial charge in [0.2, 0.25) is 5.91 Å². The van der Waals surface area contributed by atoms with E-state index < -0.39 is 0 Å². The number of hydrogen-bond acceptors (Lipinski definition) is 5. The first-order chi connectivity index (χ1) is 15.2. The molecule has 7 nitrogen and oxygen atoms in total. The molecule has 7 heteroatoms. The number of pyridine rings is 2. The smallest absolute Gasteiger partial charge is 0.242 e. The van der Waals surface area contributed by atoms with Crippen LogP contribution in [-0.2, 0) is 11.3 Å². The van der Waals surface area contributed by atoms with Crippen molar-refractivity contribution < 1.29 is 4.79 Å². The van der Waals surface area contributed by atoms with Crippen LogP contribution in [-0.4, -0.2) is 51.5 Å². The van der Waals surface area contributed by atoms with Crippen LogP contribution >= 0.6 is 0 Å². The molecule has 3 aromatic heterocycles. The predicted octanol–water partition coefficient (Wildman–Crippen LogP) is 3.03. The average Bonchev–Trinajstić information content (AvgIpc) is 3.22. The Bertz CT molecular complexity index is 1210. The molecule has 31 heavy (non-hydrogen) atoms. The summed E-state index contributed by atoms with van der Waals surface area (Å²) in [6.07, 6.45) is 5.50. The molecule has 1 saturated heterocycles. The lowest BCUT2D eigenvalue weighted by atomic mass is 10.0. The highest BCUT2D eigenvalue weighted by Gasteiger charge is 2.23. The SMILES string of the molecule is Nc1ccc(-c2ccccc2N2CCN(C(=O)Cn3ccc4cccnc43)CC2)cn1. The highest BCUT2D eigenvalue weighted by molar-refractivity contribution is 5.82. The highest BCUT2D eigenvalue weighted by atomic mass is 16.2. The number of nitrogen functional groups attached to an aromatic ring is 1. The van der Waals surface area contributed by atoms with Crippen LogP contribution in [0.5, 0.6) is 0 Å². The number of hydrogen-bond donors (Lipinski definition) is 1. The molecule has 0 aliphatic carbocycles. The lowest BCUT2D eigenvalue weighted by Gasteiger charge is -2.37. The van der Waals surface area contributed by atoms with E-state index in [4.69, 9.17) is 5.73 Å². The maximum absolute atomic E-state index is 12.9. The number of amides is 1. The zero-order valence-corrected chi connectivity index (χ0v) is 17.2. The zero-order valence-electron chi connectivity index (χ0n) is 17.2. The van der Waals surface area contributed by atoms with Gasteiger partial charge in [-0.3, -0.25) is 4.79 Å². The van der Waals surface area contributed by atoms with Gasteiger partial charge in [-0.2, -0.15) is 0 Å². The number of aromatic nitrogens is 3. The molecule has 0 bridgehead atoms. The normalized spacial score (nSPS) is 14.2. The molecule has 4 heterocycles. The van der Waals surface area contributed by atoms with Crippen LogP contribution in [0.2, 0.25) is 0 Å². The van der Waals surface area contributed by atoms with Gasteiger partial charge in [0.25, 0.3) is 0 Å². The molecule has 0 spiro atoms. The lowest BCUT2D eigenvalue weighted by molar-refractivity contribution is -0.132. The maximum atomic E-state index is 12.9. The van der Waals surface area contributed by atoms with Gasteiger partial charge in [0, 0.05) is 67.0 Å². The van der Waals surface area contributed by atoms with E-state index in [0.717, 1.165) is 40.9 Å². The number of nitrogens with two attached hydrogens (primary N) is 1. The third kappa shape index (κ3) is 3.82. The third-order valence-electron chi connectivity index (χ3n) is 5.80. The van der Waals surface area contributed by atoms with Crippen molar-refractivity contribution in [3.63, 3.8) is 0 Å². The minimum absolute atomic E-state index is 0.124. The Morgan fingerprint density at radius 2 is 1.77 bits per heavy atom. The Kier molecular flexibility index (Phi) is 5.00.